The quantitative estimate of drug-likeness (QED) is 0.475. The first-order valence-electron chi connectivity index (χ1n) is 8.90. The second-order valence-corrected chi connectivity index (χ2v) is 9.31. The molecule has 0 bridgehead atoms. The van der Waals surface area contributed by atoms with E-state index in [1.807, 2.05) is 28.5 Å². The van der Waals surface area contributed by atoms with Gasteiger partial charge in [-0.25, -0.2) is 8.42 Å². The maximum atomic E-state index is 12.5. The zero-order valence-electron chi connectivity index (χ0n) is 16.4. The normalized spacial score (nSPS) is 14.0. The monoisotopic (exact) mass is 447 g/mol. The van der Waals surface area contributed by atoms with Crippen LogP contribution in [0.15, 0.2) is 59.8 Å². The van der Waals surface area contributed by atoms with E-state index in [1.54, 1.807) is 42.5 Å². The summed E-state index contributed by atoms with van der Waals surface area (Å²) in [5.41, 5.74) is 4.17. The Balaban J connectivity index is 1.85. The highest BCUT2D eigenvalue weighted by Gasteiger charge is 2.21. The van der Waals surface area contributed by atoms with Gasteiger partial charge in [0.25, 0.3) is 5.91 Å². The lowest BCUT2D eigenvalue weighted by molar-refractivity contribution is -0.118. The van der Waals surface area contributed by atoms with Crippen LogP contribution >= 0.6 is 11.3 Å². The standard InChI is InChI=1S/C20H21N3O5S2/c1-28-17-7-5-14(6-8-17)15-10-16(20(25)21-22-30(2,26)27)12-23(11-15)13-18(24)19-4-3-9-29-19/h3-9,11-12,22H,10,13H2,1-2H3,(H,21,25). The molecule has 0 saturated carbocycles. The highest BCUT2D eigenvalue weighted by Crippen LogP contribution is 2.29. The number of rotatable bonds is 8. The lowest BCUT2D eigenvalue weighted by Crippen LogP contribution is -2.42. The molecule has 1 amide bonds. The van der Waals surface area contributed by atoms with Crippen LogP contribution in [-0.4, -0.2) is 44.9 Å². The number of ketones is 1. The molecule has 2 N–H and O–H groups in total. The van der Waals surface area contributed by atoms with Crippen molar-refractivity contribution in [2.75, 3.05) is 19.9 Å². The van der Waals surface area contributed by atoms with Crippen molar-refractivity contribution in [2.45, 2.75) is 6.42 Å². The van der Waals surface area contributed by atoms with Crippen molar-refractivity contribution in [3.05, 3.63) is 70.2 Å². The molecule has 0 aliphatic carbocycles. The minimum Gasteiger partial charge on any atom is -0.497 e. The summed E-state index contributed by atoms with van der Waals surface area (Å²) >= 11 is 1.35. The average Bonchev–Trinajstić information content (AvgIpc) is 3.26. The number of carbonyl (C=O) groups is 2. The Kier molecular flexibility index (Phi) is 6.70. The summed E-state index contributed by atoms with van der Waals surface area (Å²) in [5, 5.41) is 1.83. The molecule has 1 aliphatic rings. The van der Waals surface area contributed by atoms with Gasteiger partial charge in [0.05, 0.1) is 24.8 Å². The fourth-order valence-electron chi connectivity index (χ4n) is 2.85. The van der Waals surface area contributed by atoms with E-state index in [-0.39, 0.29) is 18.7 Å². The lowest BCUT2D eigenvalue weighted by Gasteiger charge is -2.24. The zero-order valence-corrected chi connectivity index (χ0v) is 18.0. The number of Topliss-reactive ketones (excluding diaryl/α,β-unsaturated/α-hetero) is 1. The Morgan fingerprint density at radius 3 is 2.50 bits per heavy atom. The molecule has 0 unspecified atom stereocenters. The summed E-state index contributed by atoms with van der Waals surface area (Å²) in [7, 11) is -2.02. The van der Waals surface area contributed by atoms with Gasteiger partial charge in [-0.05, 0) is 34.7 Å². The topological polar surface area (TPSA) is 105 Å². The largest absolute Gasteiger partial charge is 0.497 e. The van der Waals surface area contributed by atoms with Crippen LogP contribution in [0, 0.1) is 0 Å². The number of sulfonamides is 1. The first-order valence-corrected chi connectivity index (χ1v) is 11.7. The van der Waals surface area contributed by atoms with E-state index in [9.17, 15) is 18.0 Å². The van der Waals surface area contributed by atoms with E-state index in [2.05, 4.69) is 5.43 Å². The van der Waals surface area contributed by atoms with Crippen molar-refractivity contribution >= 4 is 38.6 Å². The molecule has 2 heterocycles. The van der Waals surface area contributed by atoms with E-state index in [0.717, 1.165) is 17.4 Å². The van der Waals surface area contributed by atoms with Gasteiger partial charge in [-0.3, -0.25) is 15.0 Å². The van der Waals surface area contributed by atoms with Gasteiger partial charge in [0.2, 0.25) is 10.0 Å². The van der Waals surface area contributed by atoms with Crippen molar-refractivity contribution in [2.24, 2.45) is 0 Å². The molecule has 0 radical (unpaired) electrons. The van der Waals surface area contributed by atoms with Crippen LogP contribution in [0.4, 0.5) is 0 Å². The van der Waals surface area contributed by atoms with E-state index >= 15 is 0 Å². The number of amides is 1. The predicted molar refractivity (Wildman–Crippen MR) is 115 cm³/mol. The number of thiophene rings is 1. The smallest absolute Gasteiger partial charge is 0.263 e. The average molecular weight is 448 g/mol. The Bertz CT molecular complexity index is 1090. The fraction of sp³-hybridized carbons (Fsp3) is 0.200. The molecule has 0 saturated heterocycles. The summed E-state index contributed by atoms with van der Waals surface area (Å²) in [6.45, 7) is 0.0520. The van der Waals surface area contributed by atoms with Crippen molar-refractivity contribution < 1.29 is 22.7 Å². The summed E-state index contributed by atoms with van der Waals surface area (Å²) in [5.74, 6) is 0.0290. The molecular weight excluding hydrogens is 426 g/mol. The Hall–Kier alpha value is -2.95. The van der Waals surface area contributed by atoms with E-state index < -0.39 is 15.9 Å². The number of benzene rings is 1. The highest BCUT2D eigenvalue weighted by atomic mass is 32.2. The van der Waals surface area contributed by atoms with Crippen molar-refractivity contribution in [3.63, 3.8) is 0 Å². The number of nitrogens with zero attached hydrogens (tertiary/aromatic N) is 1. The first-order chi connectivity index (χ1) is 14.2. The van der Waals surface area contributed by atoms with Crippen LogP contribution in [0.1, 0.15) is 21.7 Å². The predicted octanol–water partition coefficient (Wildman–Crippen LogP) is 2.15. The number of methoxy groups -OCH3 is 1. The Morgan fingerprint density at radius 1 is 1.17 bits per heavy atom. The number of ether oxygens (including phenoxy) is 1. The molecule has 1 aromatic carbocycles. The summed E-state index contributed by atoms with van der Waals surface area (Å²) in [6.07, 6.45) is 4.58. The summed E-state index contributed by atoms with van der Waals surface area (Å²) in [6, 6.07) is 10.9. The highest BCUT2D eigenvalue weighted by molar-refractivity contribution is 7.88. The number of carbonyl (C=O) groups excluding carboxylic acids is 2. The number of allylic oxidation sites excluding steroid dienone is 1. The lowest BCUT2D eigenvalue weighted by atomic mass is 9.96. The molecular formula is C20H21N3O5S2. The van der Waals surface area contributed by atoms with Crippen LogP contribution in [0.5, 0.6) is 5.75 Å². The molecule has 10 heteroatoms. The minimum atomic E-state index is -3.60. The molecule has 0 fully saturated rings. The molecule has 0 spiro atoms. The molecule has 2 aromatic rings. The third-order valence-corrected chi connectivity index (χ3v) is 5.63. The molecule has 1 aromatic heterocycles. The maximum Gasteiger partial charge on any atom is 0.263 e. The van der Waals surface area contributed by atoms with Gasteiger partial charge in [-0.2, -0.15) is 0 Å². The number of hydrogen-bond acceptors (Lipinski definition) is 7. The van der Waals surface area contributed by atoms with Crippen LogP contribution in [0.2, 0.25) is 0 Å². The van der Waals surface area contributed by atoms with E-state index in [4.69, 9.17) is 4.74 Å². The number of hydrazine groups is 1. The maximum absolute atomic E-state index is 12.5. The fourth-order valence-corrected chi connectivity index (χ4v) is 3.78. The summed E-state index contributed by atoms with van der Waals surface area (Å²) in [4.78, 5) is 29.3. The van der Waals surface area contributed by atoms with Gasteiger partial charge < -0.3 is 9.64 Å². The van der Waals surface area contributed by atoms with E-state index in [0.29, 0.717) is 16.2 Å². The van der Waals surface area contributed by atoms with Crippen molar-refractivity contribution in [3.8, 4) is 5.75 Å². The molecule has 158 valence electrons. The van der Waals surface area contributed by atoms with Gasteiger partial charge >= 0.3 is 0 Å². The Morgan fingerprint density at radius 2 is 1.90 bits per heavy atom. The van der Waals surface area contributed by atoms with Gasteiger partial charge in [0, 0.05) is 24.4 Å². The van der Waals surface area contributed by atoms with Crippen molar-refractivity contribution in [1.29, 1.82) is 0 Å². The van der Waals surface area contributed by atoms with Crippen molar-refractivity contribution in [1.82, 2.24) is 15.2 Å². The molecule has 8 nitrogen and oxygen atoms in total. The zero-order chi connectivity index (χ0) is 21.7. The van der Waals surface area contributed by atoms with Crippen LogP contribution in [0.25, 0.3) is 5.57 Å². The second-order valence-electron chi connectivity index (χ2n) is 6.62. The van der Waals surface area contributed by atoms with E-state index in [1.165, 1.54) is 11.3 Å². The molecule has 1 aliphatic heterocycles. The van der Waals surface area contributed by atoms with Gasteiger partial charge in [0.1, 0.15) is 5.75 Å². The molecule has 0 atom stereocenters. The summed E-state index contributed by atoms with van der Waals surface area (Å²) < 4.78 is 27.7. The number of hydrogen-bond donors (Lipinski definition) is 2. The minimum absolute atomic E-state index is 0.0520. The molecule has 3 rings (SSSR count). The Labute approximate surface area is 178 Å². The van der Waals surface area contributed by atoms with Gasteiger partial charge in [0.15, 0.2) is 5.78 Å². The van der Waals surface area contributed by atoms with Crippen LogP contribution in [0.3, 0.4) is 0 Å². The molecule has 30 heavy (non-hydrogen) atoms. The van der Waals surface area contributed by atoms with Crippen LogP contribution in [-0.2, 0) is 14.8 Å². The van der Waals surface area contributed by atoms with Crippen LogP contribution < -0.4 is 15.0 Å². The third-order valence-electron chi connectivity index (χ3n) is 4.25. The first kappa shape index (κ1) is 21.8. The SMILES string of the molecule is COc1ccc(C2=CN(CC(=O)c3cccs3)C=C(C(=O)NNS(C)(=O)=O)C2)cc1. The second kappa shape index (κ2) is 9.24. The number of nitrogens with one attached hydrogen (secondary N) is 2. The van der Waals surface area contributed by atoms with Gasteiger partial charge in [-0.1, -0.05) is 18.2 Å². The third kappa shape index (κ3) is 5.78. The van der Waals surface area contributed by atoms with Gasteiger partial charge in [-0.15, -0.1) is 16.2 Å².